The molecule has 0 aliphatic rings. The predicted octanol–water partition coefficient (Wildman–Crippen LogP) is 2.90. The monoisotopic (exact) mass is 286 g/mol. The second-order valence-electron chi connectivity index (χ2n) is 5.40. The zero-order chi connectivity index (χ0) is 15.2. The van der Waals surface area contributed by atoms with Gasteiger partial charge in [0, 0.05) is 0 Å². The van der Waals surface area contributed by atoms with E-state index < -0.39 is 0 Å². The zero-order valence-electron chi connectivity index (χ0n) is 12.8. The molecule has 0 saturated heterocycles. The van der Waals surface area contributed by atoms with Crippen molar-refractivity contribution < 1.29 is 9.21 Å². The van der Waals surface area contributed by atoms with Crippen molar-refractivity contribution in [1.29, 1.82) is 0 Å². The second kappa shape index (κ2) is 7.09. The summed E-state index contributed by atoms with van der Waals surface area (Å²) in [6, 6.07) is 11.9. The van der Waals surface area contributed by atoms with Crippen molar-refractivity contribution in [3.8, 4) is 0 Å². The van der Waals surface area contributed by atoms with Crippen molar-refractivity contribution in [3.05, 3.63) is 59.5 Å². The van der Waals surface area contributed by atoms with Crippen LogP contribution in [-0.4, -0.2) is 24.4 Å². The first-order chi connectivity index (χ1) is 10.1. The molecular formula is C17H22N2O2. The summed E-state index contributed by atoms with van der Waals surface area (Å²) in [4.78, 5) is 14.0. The van der Waals surface area contributed by atoms with E-state index in [4.69, 9.17) is 4.42 Å². The van der Waals surface area contributed by atoms with Crippen LogP contribution in [0, 0.1) is 6.92 Å². The largest absolute Gasteiger partial charge is 0.468 e. The normalized spacial score (nSPS) is 12.4. The molecule has 4 heteroatoms. The average molecular weight is 286 g/mol. The van der Waals surface area contributed by atoms with Gasteiger partial charge in [0.25, 0.3) is 0 Å². The molecule has 0 spiro atoms. The molecule has 2 aromatic rings. The van der Waals surface area contributed by atoms with Gasteiger partial charge in [0.05, 0.1) is 25.4 Å². The first-order valence-electron chi connectivity index (χ1n) is 7.12. The Bertz CT molecular complexity index is 578. The zero-order valence-corrected chi connectivity index (χ0v) is 12.8. The Labute approximate surface area is 125 Å². The van der Waals surface area contributed by atoms with Gasteiger partial charge in [-0.15, -0.1) is 0 Å². The molecule has 0 saturated carbocycles. The van der Waals surface area contributed by atoms with E-state index in [2.05, 4.69) is 18.3 Å². The second-order valence-corrected chi connectivity index (χ2v) is 5.40. The number of rotatable bonds is 6. The number of carbonyl (C=O) groups is 1. The van der Waals surface area contributed by atoms with Gasteiger partial charge in [-0.3, -0.25) is 9.69 Å². The van der Waals surface area contributed by atoms with Crippen molar-refractivity contribution in [2.24, 2.45) is 0 Å². The Morgan fingerprint density at radius 3 is 2.71 bits per heavy atom. The molecule has 0 aliphatic heterocycles. The molecule has 0 bridgehead atoms. The van der Waals surface area contributed by atoms with E-state index in [9.17, 15) is 4.79 Å². The maximum absolute atomic E-state index is 12.1. The van der Waals surface area contributed by atoms with Gasteiger partial charge in [-0.05, 0) is 44.2 Å². The van der Waals surface area contributed by atoms with Gasteiger partial charge in [-0.25, -0.2) is 0 Å². The van der Waals surface area contributed by atoms with E-state index in [-0.39, 0.29) is 11.9 Å². The number of hydrogen-bond acceptors (Lipinski definition) is 3. The summed E-state index contributed by atoms with van der Waals surface area (Å²) in [5.74, 6) is 0.872. The summed E-state index contributed by atoms with van der Waals surface area (Å²) >= 11 is 0. The lowest BCUT2D eigenvalue weighted by Crippen LogP contribution is -2.36. The number of hydrogen-bond donors (Lipinski definition) is 1. The van der Waals surface area contributed by atoms with Gasteiger partial charge in [-0.2, -0.15) is 0 Å². The summed E-state index contributed by atoms with van der Waals surface area (Å²) in [7, 11) is 1.90. The summed E-state index contributed by atoms with van der Waals surface area (Å²) in [6.45, 7) is 5.03. The van der Waals surface area contributed by atoms with Crippen molar-refractivity contribution in [2.75, 3.05) is 13.6 Å². The van der Waals surface area contributed by atoms with E-state index >= 15 is 0 Å². The summed E-state index contributed by atoms with van der Waals surface area (Å²) in [5, 5.41) is 3.04. The Morgan fingerprint density at radius 1 is 1.29 bits per heavy atom. The van der Waals surface area contributed by atoms with Gasteiger partial charge in [0.1, 0.15) is 5.76 Å². The Kier molecular flexibility index (Phi) is 5.17. The maximum atomic E-state index is 12.1. The van der Waals surface area contributed by atoms with Crippen LogP contribution in [0.3, 0.4) is 0 Å². The molecular weight excluding hydrogens is 264 g/mol. The van der Waals surface area contributed by atoms with E-state index in [1.807, 2.05) is 49.2 Å². The number of furan rings is 1. The van der Waals surface area contributed by atoms with E-state index in [0.717, 1.165) is 11.3 Å². The van der Waals surface area contributed by atoms with Crippen LogP contribution >= 0.6 is 0 Å². The number of nitrogens with zero attached hydrogens (tertiary/aromatic N) is 1. The SMILES string of the molecule is Cc1ccccc1C(C)NC(=O)CN(C)Cc1ccco1. The van der Waals surface area contributed by atoms with Gasteiger partial charge < -0.3 is 9.73 Å². The van der Waals surface area contributed by atoms with Crippen LogP contribution in [0.25, 0.3) is 0 Å². The number of carbonyl (C=O) groups excluding carboxylic acids is 1. The van der Waals surface area contributed by atoms with E-state index in [0.29, 0.717) is 13.1 Å². The molecule has 1 aromatic carbocycles. The summed E-state index contributed by atoms with van der Waals surface area (Å²) in [5.41, 5.74) is 2.34. The van der Waals surface area contributed by atoms with Crippen molar-refractivity contribution in [2.45, 2.75) is 26.4 Å². The van der Waals surface area contributed by atoms with Crippen LogP contribution < -0.4 is 5.32 Å². The highest BCUT2D eigenvalue weighted by Crippen LogP contribution is 2.16. The van der Waals surface area contributed by atoms with Crippen molar-refractivity contribution in [3.63, 3.8) is 0 Å². The smallest absolute Gasteiger partial charge is 0.234 e. The van der Waals surface area contributed by atoms with Gasteiger partial charge in [0.15, 0.2) is 0 Å². The third-order valence-corrected chi connectivity index (χ3v) is 3.45. The van der Waals surface area contributed by atoms with E-state index in [1.165, 1.54) is 5.56 Å². The molecule has 4 nitrogen and oxygen atoms in total. The maximum Gasteiger partial charge on any atom is 0.234 e. The molecule has 1 N–H and O–H groups in total. The van der Waals surface area contributed by atoms with Crippen LogP contribution in [0.1, 0.15) is 29.9 Å². The molecule has 0 aliphatic carbocycles. The van der Waals surface area contributed by atoms with Crippen LogP contribution in [0.15, 0.2) is 47.1 Å². The lowest BCUT2D eigenvalue weighted by Gasteiger charge is -2.19. The number of aryl methyl sites for hydroxylation is 1. The molecule has 0 fully saturated rings. The topological polar surface area (TPSA) is 45.5 Å². The lowest BCUT2D eigenvalue weighted by molar-refractivity contribution is -0.122. The van der Waals surface area contributed by atoms with Crippen molar-refractivity contribution in [1.82, 2.24) is 10.2 Å². The highest BCUT2D eigenvalue weighted by molar-refractivity contribution is 5.78. The summed E-state index contributed by atoms with van der Waals surface area (Å²) < 4.78 is 5.28. The van der Waals surface area contributed by atoms with Crippen LogP contribution in [0.5, 0.6) is 0 Å². The molecule has 0 radical (unpaired) electrons. The molecule has 1 aromatic heterocycles. The first-order valence-corrected chi connectivity index (χ1v) is 7.12. The predicted molar refractivity (Wildman–Crippen MR) is 82.8 cm³/mol. The number of amides is 1. The molecule has 112 valence electrons. The van der Waals surface area contributed by atoms with Gasteiger partial charge >= 0.3 is 0 Å². The molecule has 2 rings (SSSR count). The molecule has 1 atom stereocenters. The fraction of sp³-hybridized carbons (Fsp3) is 0.353. The van der Waals surface area contributed by atoms with Gasteiger partial charge in [0.2, 0.25) is 5.91 Å². The fourth-order valence-corrected chi connectivity index (χ4v) is 2.41. The first kappa shape index (κ1) is 15.3. The minimum Gasteiger partial charge on any atom is -0.468 e. The Hall–Kier alpha value is -2.07. The minimum absolute atomic E-state index is 0.00992. The number of benzene rings is 1. The van der Waals surface area contributed by atoms with Gasteiger partial charge in [-0.1, -0.05) is 24.3 Å². The Morgan fingerprint density at radius 2 is 2.05 bits per heavy atom. The molecule has 1 amide bonds. The molecule has 1 heterocycles. The van der Waals surface area contributed by atoms with Crippen LogP contribution in [0.4, 0.5) is 0 Å². The highest BCUT2D eigenvalue weighted by atomic mass is 16.3. The third kappa shape index (κ3) is 4.46. The van der Waals surface area contributed by atoms with Crippen molar-refractivity contribution >= 4 is 5.91 Å². The van der Waals surface area contributed by atoms with E-state index in [1.54, 1.807) is 6.26 Å². The number of nitrogens with one attached hydrogen (secondary N) is 1. The lowest BCUT2D eigenvalue weighted by atomic mass is 10.0. The third-order valence-electron chi connectivity index (χ3n) is 3.45. The highest BCUT2D eigenvalue weighted by Gasteiger charge is 2.13. The fourth-order valence-electron chi connectivity index (χ4n) is 2.41. The standard InChI is InChI=1S/C17H22N2O2/c1-13-7-4-5-9-16(13)14(2)18-17(20)12-19(3)11-15-8-6-10-21-15/h4-10,14H,11-12H2,1-3H3,(H,18,20). The summed E-state index contributed by atoms with van der Waals surface area (Å²) in [6.07, 6.45) is 1.64. The van der Waals surface area contributed by atoms with Crippen LogP contribution in [-0.2, 0) is 11.3 Å². The Balaban J connectivity index is 1.85. The quantitative estimate of drug-likeness (QED) is 0.888. The minimum atomic E-state index is 0.00992. The molecule has 1 unspecified atom stereocenters. The average Bonchev–Trinajstić information content (AvgIpc) is 2.91. The molecule has 21 heavy (non-hydrogen) atoms. The van der Waals surface area contributed by atoms with Crippen LogP contribution in [0.2, 0.25) is 0 Å². The number of likely N-dealkylation sites (N-methyl/N-ethyl adjacent to an activating group) is 1.